The number of halogens is 1. The number of ketones is 1. The van der Waals surface area contributed by atoms with Crippen molar-refractivity contribution in [1.82, 2.24) is 23.9 Å². The van der Waals surface area contributed by atoms with Crippen LogP contribution in [0.25, 0.3) is 0 Å². The summed E-state index contributed by atoms with van der Waals surface area (Å²) in [6.45, 7) is 0. The van der Waals surface area contributed by atoms with E-state index in [-0.39, 0.29) is 28.4 Å². The number of aliphatic hydroxyl groups excluding tert-OH is 2. The number of carbonyl (C=O) groups is 1. The molecule has 0 unspecified atom stereocenters. The number of carbonyl (C=O) groups excluding carboxylic acids is 1. The Kier molecular flexibility index (Phi) is 7.75. The number of nitrogens with one attached hydrogen (secondary N) is 2. The Morgan fingerprint density at radius 1 is 1.19 bits per heavy atom. The Morgan fingerprint density at radius 2 is 1.95 bits per heavy atom. The summed E-state index contributed by atoms with van der Waals surface area (Å²) in [5, 5.41) is 27.4. The first kappa shape index (κ1) is 27.2. The van der Waals surface area contributed by atoms with Crippen molar-refractivity contribution in [1.29, 1.82) is 0 Å². The minimum atomic E-state index is -4.14. The van der Waals surface area contributed by atoms with Crippen LogP contribution in [-0.2, 0) is 24.5 Å². The third-order valence-electron chi connectivity index (χ3n) is 5.55. The molecule has 2 heterocycles. The highest BCUT2D eigenvalue weighted by atomic mass is 79.9. The molecule has 0 bridgehead atoms. The van der Waals surface area contributed by atoms with Gasteiger partial charge in [-0.25, -0.2) is 9.97 Å². The van der Waals surface area contributed by atoms with Gasteiger partial charge in [0.15, 0.2) is 0 Å². The van der Waals surface area contributed by atoms with Gasteiger partial charge in [0.2, 0.25) is 5.78 Å². The van der Waals surface area contributed by atoms with Crippen LogP contribution in [0.15, 0.2) is 58.4 Å². The second-order valence-corrected chi connectivity index (χ2v) is 12.1. The summed E-state index contributed by atoms with van der Waals surface area (Å²) in [4.78, 5) is 21.0. The predicted molar refractivity (Wildman–Crippen MR) is 131 cm³/mol. The number of aliphatic hydroxyl groups is 2. The van der Waals surface area contributed by atoms with Gasteiger partial charge in [-0.15, -0.1) is 0 Å². The zero-order chi connectivity index (χ0) is 27.0. The zero-order valence-corrected chi connectivity index (χ0v) is 22.2. The van der Waals surface area contributed by atoms with Crippen molar-refractivity contribution in [3.63, 3.8) is 0 Å². The molecular formula is C20H21BrN6O8S2. The largest absolute Gasteiger partial charge is 0.388 e. The molecule has 1 aliphatic carbocycles. The van der Waals surface area contributed by atoms with E-state index in [1.54, 1.807) is 12.1 Å². The maximum absolute atomic E-state index is 13.2. The smallest absolute Gasteiger partial charge is 0.335 e. The second kappa shape index (κ2) is 10.5. The van der Waals surface area contributed by atoms with Crippen LogP contribution in [0.2, 0.25) is 0 Å². The fraction of sp³-hybridized carbons (Fsp3) is 0.300. The van der Waals surface area contributed by atoms with Crippen LogP contribution in [0.5, 0.6) is 0 Å². The van der Waals surface area contributed by atoms with Crippen molar-refractivity contribution in [2.75, 3.05) is 12.4 Å². The molecule has 37 heavy (non-hydrogen) atoms. The summed E-state index contributed by atoms with van der Waals surface area (Å²) in [5.41, 5.74) is -0.314. The van der Waals surface area contributed by atoms with Gasteiger partial charge in [0.05, 0.1) is 16.5 Å². The number of hydrogen-bond donors (Lipinski definition) is 4. The van der Waals surface area contributed by atoms with E-state index in [1.807, 2.05) is 4.72 Å². The van der Waals surface area contributed by atoms with E-state index in [0.717, 1.165) is 19.6 Å². The van der Waals surface area contributed by atoms with Gasteiger partial charge in [-0.3, -0.25) is 8.98 Å². The van der Waals surface area contributed by atoms with Gasteiger partial charge in [-0.05, 0) is 24.3 Å². The maximum atomic E-state index is 13.2. The molecule has 14 nitrogen and oxygen atoms in total. The number of anilines is 1. The van der Waals surface area contributed by atoms with E-state index in [0.29, 0.717) is 8.56 Å². The van der Waals surface area contributed by atoms with Crippen LogP contribution < -0.4 is 10.0 Å². The average Bonchev–Trinajstić information content (AvgIpc) is 3.46. The van der Waals surface area contributed by atoms with Gasteiger partial charge in [-0.1, -0.05) is 22.0 Å². The molecule has 1 aromatic carbocycles. The topological polar surface area (TPSA) is 203 Å². The highest BCUT2D eigenvalue weighted by molar-refractivity contribution is 9.10. The minimum absolute atomic E-state index is 0.0415. The van der Waals surface area contributed by atoms with Crippen molar-refractivity contribution in [3.8, 4) is 0 Å². The number of nitrogens with zero attached hydrogens (tertiary/aromatic N) is 4. The SMILES string of the molecule is CNS(=O)(=O)O[C@@H]1C[C@@H](Nc2ncncc2C(=O)c2ccn(S(=O)(=O)c3cccc(Br)c3)n2)[C@H](O)[C@H]1O. The van der Waals surface area contributed by atoms with Crippen LogP contribution in [-0.4, -0.2) is 83.4 Å². The summed E-state index contributed by atoms with van der Waals surface area (Å²) >= 11 is 3.22. The summed E-state index contributed by atoms with van der Waals surface area (Å²) in [7, 11) is -7.08. The first-order valence-corrected chi connectivity index (χ1v) is 14.2. The Balaban J connectivity index is 1.56. The number of benzene rings is 1. The van der Waals surface area contributed by atoms with Crippen LogP contribution in [0.4, 0.5) is 5.82 Å². The van der Waals surface area contributed by atoms with E-state index in [2.05, 4.69) is 36.3 Å². The molecule has 0 saturated heterocycles. The molecule has 3 aromatic rings. The molecular weight excluding hydrogens is 596 g/mol. The number of aromatic nitrogens is 4. The summed E-state index contributed by atoms with van der Waals surface area (Å²) in [5.74, 6) is -0.761. The Morgan fingerprint density at radius 3 is 2.65 bits per heavy atom. The molecule has 0 radical (unpaired) electrons. The maximum Gasteiger partial charge on any atom is 0.335 e. The molecule has 198 valence electrons. The first-order valence-electron chi connectivity index (χ1n) is 10.6. The lowest BCUT2D eigenvalue weighted by atomic mass is 10.1. The van der Waals surface area contributed by atoms with E-state index < -0.39 is 50.5 Å². The van der Waals surface area contributed by atoms with Gasteiger partial charge in [0, 0.05) is 30.3 Å². The lowest BCUT2D eigenvalue weighted by molar-refractivity contribution is -0.00882. The van der Waals surface area contributed by atoms with Gasteiger partial charge in [0.25, 0.3) is 10.0 Å². The number of rotatable bonds is 9. The second-order valence-electron chi connectivity index (χ2n) is 7.91. The molecule has 0 aliphatic heterocycles. The lowest BCUT2D eigenvalue weighted by Gasteiger charge is -2.19. The average molecular weight is 617 g/mol. The van der Waals surface area contributed by atoms with Crippen LogP contribution in [0.1, 0.15) is 22.5 Å². The molecule has 4 atom stereocenters. The highest BCUT2D eigenvalue weighted by Gasteiger charge is 2.44. The van der Waals surface area contributed by atoms with Crippen molar-refractivity contribution < 1.29 is 36.0 Å². The quantitative estimate of drug-likeness (QED) is 0.228. The van der Waals surface area contributed by atoms with E-state index in [4.69, 9.17) is 4.18 Å². The molecule has 4 N–H and O–H groups in total. The highest BCUT2D eigenvalue weighted by Crippen LogP contribution is 2.28. The van der Waals surface area contributed by atoms with Crippen molar-refractivity contribution >= 4 is 47.9 Å². The summed E-state index contributed by atoms with van der Waals surface area (Å²) in [6, 6.07) is 6.26. The normalized spacial score (nSPS) is 22.2. The molecule has 17 heteroatoms. The van der Waals surface area contributed by atoms with Gasteiger partial charge >= 0.3 is 10.3 Å². The first-order chi connectivity index (χ1) is 17.4. The minimum Gasteiger partial charge on any atom is -0.388 e. The molecule has 0 spiro atoms. The fourth-order valence-electron chi connectivity index (χ4n) is 3.66. The van der Waals surface area contributed by atoms with Crippen molar-refractivity contribution in [3.05, 3.63) is 64.8 Å². The van der Waals surface area contributed by atoms with E-state index in [9.17, 15) is 31.8 Å². The fourth-order valence-corrected chi connectivity index (χ4v) is 5.98. The molecule has 1 saturated carbocycles. The van der Waals surface area contributed by atoms with Crippen LogP contribution >= 0.6 is 15.9 Å². The Bertz CT molecular complexity index is 1530. The van der Waals surface area contributed by atoms with Gasteiger partial charge in [-0.2, -0.15) is 30.7 Å². The Labute approximate surface area is 220 Å². The Hall–Kier alpha value is -2.80. The predicted octanol–water partition coefficient (Wildman–Crippen LogP) is -0.341. The molecule has 2 aromatic heterocycles. The van der Waals surface area contributed by atoms with Crippen LogP contribution in [0, 0.1) is 0 Å². The van der Waals surface area contributed by atoms with Crippen molar-refractivity contribution in [2.24, 2.45) is 0 Å². The molecule has 1 fully saturated rings. The van der Waals surface area contributed by atoms with Crippen molar-refractivity contribution in [2.45, 2.75) is 35.7 Å². The van der Waals surface area contributed by atoms with Gasteiger partial charge in [0.1, 0.15) is 36.2 Å². The lowest BCUT2D eigenvalue weighted by Crippen LogP contribution is -2.38. The third kappa shape index (κ3) is 5.71. The zero-order valence-electron chi connectivity index (χ0n) is 19.0. The monoisotopic (exact) mass is 616 g/mol. The third-order valence-corrected chi connectivity index (χ3v) is 8.59. The van der Waals surface area contributed by atoms with E-state index >= 15 is 0 Å². The van der Waals surface area contributed by atoms with E-state index in [1.165, 1.54) is 24.4 Å². The summed E-state index contributed by atoms with van der Waals surface area (Å²) in [6.07, 6.45) is -0.958. The number of hydrogen-bond acceptors (Lipinski definition) is 12. The summed E-state index contributed by atoms with van der Waals surface area (Å²) < 4.78 is 57.2. The standard InChI is InChI=1S/C20H21BrN6O8S2/c1-22-37(33,34)35-16-8-15(18(29)19(16)30)25-20-13(9-23-10-24-20)17(28)14-5-6-27(26-14)36(31,32)12-4-2-3-11(21)7-12/h2-7,9-10,15-16,18-19,22,29-30H,8H2,1H3,(H,23,24,25)/t15-,16-,18+,19+/m1/s1. The molecule has 0 amide bonds. The molecule has 1 aliphatic rings. The van der Waals surface area contributed by atoms with Gasteiger partial charge < -0.3 is 15.5 Å². The van der Waals surface area contributed by atoms with Crippen LogP contribution in [0.3, 0.4) is 0 Å². The molecule has 4 rings (SSSR count).